The fraction of sp³-hybridized carbons (Fsp3) is 0.478. The van der Waals surface area contributed by atoms with E-state index in [0.29, 0.717) is 38.6 Å². The Labute approximate surface area is 199 Å². The topological polar surface area (TPSA) is 107 Å². The van der Waals surface area contributed by atoms with Crippen molar-refractivity contribution in [3.05, 3.63) is 46.5 Å². The number of anilines is 1. The number of hydrogen-bond donors (Lipinski definition) is 3. The largest absolute Gasteiger partial charge is 0.348 e. The van der Waals surface area contributed by atoms with E-state index in [2.05, 4.69) is 20.6 Å². The number of aromatic nitrogens is 2. The molecule has 1 aromatic heterocycles. The number of carbonyl (C=O) groups excluding carboxylic acids is 3. The smallest absolute Gasteiger partial charge is 0.272 e. The number of nitrogens with zero attached hydrogens (tertiary/aromatic N) is 2. The highest BCUT2D eigenvalue weighted by atomic mass is 35.5. The SMILES string of the molecule is O=C(NC1CC1)c1nc[nH]c1C(=O)NC1CCC2(CC1)CCN(c1cc(F)c(F)cc1Cl)C2=O. The Morgan fingerprint density at radius 1 is 1.03 bits per heavy atom. The lowest BCUT2D eigenvalue weighted by Gasteiger charge is -2.36. The molecule has 11 heteroatoms. The van der Waals surface area contributed by atoms with Crippen LogP contribution in [-0.2, 0) is 4.79 Å². The van der Waals surface area contributed by atoms with Crippen molar-refractivity contribution in [1.29, 1.82) is 0 Å². The number of halogens is 3. The molecule has 1 aliphatic heterocycles. The highest BCUT2D eigenvalue weighted by molar-refractivity contribution is 6.34. The molecule has 1 aromatic carbocycles. The standard InChI is InChI=1S/C23H24ClF2N5O3/c24-14-9-15(25)16(26)10-17(14)31-8-7-23(22(31)34)5-3-13(4-6-23)30-21(33)19-18(27-11-28-19)20(32)29-12-1-2-12/h9-13H,1-8H2,(H,27,28)(H,29,32)(H,30,33). The zero-order valence-electron chi connectivity index (χ0n) is 18.3. The molecule has 3 aliphatic rings. The second kappa shape index (κ2) is 8.65. The normalized spacial score (nSPS) is 24.5. The molecule has 2 heterocycles. The summed E-state index contributed by atoms with van der Waals surface area (Å²) in [5, 5.41) is 5.76. The van der Waals surface area contributed by atoms with Crippen LogP contribution in [0.4, 0.5) is 14.5 Å². The van der Waals surface area contributed by atoms with E-state index in [1.54, 1.807) is 0 Å². The average molecular weight is 492 g/mol. The van der Waals surface area contributed by atoms with E-state index in [1.807, 2.05) is 0 Å². The number of nitrogens with one attached hydrogen (secondary N) is 3. The van der Waals surface area contributed by atoms with Crippen LogP contribution in [0.25, 0.3) is 0 Å². The fourth-order valence-electron chi connectivity index (χ4n) is 4.93. The van der Waals surface area contributed by atoms with E-state index < -0.39 is 23.0 Å². The molecule has 0 atom stereocenters. The molecule has 3 N–H and O–H groups in total. The first-order valence-electron chi connectivity index (χ1n) is 11.4. The van der Waals surface area contributed by atoms with Gasteiger partial charge in [0.25, 0.3) is 11.8 Å². The Kier molecular flexibility index (Phi) is 5.79. The quantitative estimate of drug-likeness (QED) is 0.558. The number of benzene rings is 1. The molecule has 2 aromatic rings. The lowest BCUT2D eigenvalue weighted by molar-refractivity contribution is -0.127. The summed E-state index contributed by atoms with van der Waals surface area (Å²) in [6.07, 6.45) is 6.01. The van der Waals surface area contributed by atoms with Crippen molar-refractivity contribution in [2.75, 3.05) is 11.4 Å². The summed E-state index contributed by atoms with van der Waals surface area (Å²) < 4.78 is 27.2. The van der Waals surface area contributed by atoms with Crippen molar-refractivity contribution in [3.8, 4) is 0 Å². The monoisotopic (exact) mass is 491 g/mol. The van der Waals surface area contributed by atoms with Gasteiger partial charge >= 0.3 is 0 Å². The van der Waals surface area contributed by atoms with E-state index >= 15 is 0 Å². The maximum Gasteiger partial charge on any atom is 0.272 e. The summed E-state index contributed by atoms with van der Waals surface area (Å²) in [7, 11) is 0. The Morgan fingerprint density at radius 2 is 1.68 bits per heavy atom. The molecule has 0 radical (unpaired) electrons. The molecule has 2 saturated carbocycles. The van der Waals surface area contributed by atoms with Crippen LogP contribution in [0.5, 0.6) is 0 Å². The van der Waals surface area contributed by atoms with Crippen LogP contribution in [0, 0.1) is 17.0 Å². The van der Waals surface area contributed by atoms with Crippen LogP contribution in [0.3, 0.4) is 0 Å². The number of imidazole rings is 1. The lowest BCUT2D eigenvalue weighted by atomic mass is 9.71. The summed E-state index contributed by atoms with van der Waals surface area (Å²) in [6.45, 7) is 0.369. The Bertz CT molecular complexity index is 1160. The highest BCUT2D eigenvalue weighted by Gasteiger charge is 2.49. The number of aromatic amines is 1. The Balaban J connectivity index is 1.21. The van der Waals surface area contributed by atoms with E-state index in [-0.39, 0.29) is 46.0 Å². The summed E-state index contributed by atoms with van der Waals surface area (Å²) in [5.74, 6) is -3.05. The van der Waals surface area contributed by atoms with Gasteiger partial charge in [0.1, 0.15) is 5.69 Å². The van der Waals surface area contributed by atoms with E-state index in [0.717, 1.165) is 25.0 Å². The molecule has 1 spiro atoms. The van der Waals surface area contributed by atoms with E-state index in [4.69, 9.17) is 11.6 Å². The first-order chi connectivity index (χ1) is 16.3. The molecule has 2 aliphatic carbocycles. The van der Waals surface area contributed by atoms with Gasteiger partial charge in [-0.1, -0.05) is 11.6 Å². The first kappa shape index (κ1) is 22.8. The molecule has 1 saturated heterocycles. The molecule has 0 unspecified atom stereocenters. The number of H-pyrrole nitrogens is 1. The van der Waals surface area contributed by atoms with E-state index in [9.17, 15) is 23.2 Å². The second-order valence-electron chi connectivity index (χ2n) is 9.33. The molecular formula is C23H24ClF2N5O3. The molecule has 5 rings (SSSR count). The van der Waals surface area contributed by atoms with Gasteiger partial charge in [0.05, 0.1) is 22.5 Å². The minimum Gasteiger partial charge on any atom is -0.348 e. The first-order valence-corrected chi connectivity index (χ1v) is 11.8. The highest BCUT2D eigenvalue weighted by Crippen LogP contribution is 2.47. The second-order valence-corrected chi connectivity index (χ2v) is 9.73. The number of carbonyl (C=O) groups is 3. The van der Waals surface area contributed by atoms with Crippen LogP contribution in [0.1, 0.15) is 65.9 Å². The van der Waals surface area contributed by atoms with Crippen molar-refractivity contribution in [3.63, 3.8) is 0 Å². The predicted octanol–water partition coefficient (Wildman–Crippen LogP) is 3.33. The third-order valence-electron chi connectivity index (χ3n) is 7.07. The van der Waals surface area contributed by atoms with Crippen LogP contribution in [0.2, 0.25) is 5.02 Å². The lowest BCUT2D eigenvalue weighted by Crippen LogP contribution is -2.44. The number of amides is 3. The summed E-state index contributed by atoms with van der Waals surface area (Å²) in [6, 6.07) is 1.83. The van der Waals surface area contributed by atoms with E-state index in [1.165, 1.54) is 11.2 Å². The van der Waals surface area contributed by atoms with Crippen molar-refractivity contribution < 1.29 is 23.2 Å². The van der Waals surface area contributed by atoms with Gasteiger partial charge in [0, 0.05) is 24.7 Å². The van der Waals surface area contributed by atoms with Gasteiger partial charge in [0.2, 0.25) is 5.91 Å². The van der Waals surface area contributed by atoms with Crippen molar-refractivity contribution in [1.82, 2.24) is 20.6 Å². The van der Waals surface area contributed by atoms with Crippen LogP contribution >= 0.6 is 11.6 Å². The minimum absolute atomic E-state index is 0.00802. The van der Waals surface area contributed by atoms with Gasteiger partial charge in [-0.25, -0.2) is 13.8 Å². The zero-order chi connectivity index (χ0) is 24.0. The Morgan fingerprint density at radius 3 is 2.38 bits per heavy atom. The average Bonchev–Trinajstić information content (AvgIpc) is 3.38. The summed E-state index contributed by atoms with van der Waals surface area (Å²) >= 11 is 6.09. The molecule has 3 fully saturated rings. The van der Waals surface area contributed by atoms with Crippen LogP contribution in [-0.4, -0.2) is 46.3 Å². The maximum absolute atomic E-state index is 13.8. The molecular weight excluding hydrogens is 468 g/mol. The predicted molar refractivity (Wildman–Crippen MR) is 120 cm³/mol. The molecule has 34 heavy (non-hydrogen) atoms. The third kappa shape index (κ3) is 4.15. The molecule has 0 bridgehead atoms. The van der Waals surface area contributed by atoms with Gasteiger partial charge in [-0.15, -0.1) is 0 Å². The van der Waals surface area contributed by atoms with Crippen molar-refractivity contribution >= 4 is 35.0 Å². The number of rotatable bonds is 5. The molecule has 3 amide bonds. The van der Waals surface area contributed by atoms with Gasteiger partial charge in [0.15, 0.2) is 17.3 Å². The summed E-state index contributed by atoms with van der Waals surface area (Å²) in [5.41, 5.74) is -0.246. The van der Waals surface area contributed by atoms with Gasteiger partial charge in [-0.3, -0.25) is 14.4 Å². The molecule has 180 valence electrons. The fourth-order valence-corrected chi connectivity index (χ4v) is 5.18. The number of hydrogen-bond acceptors (Lipinski definition) is 4. The van der Waals surface area contributed by atoms with Crippen molar-refractivity contribution in [2.45, 2.75) is 57.0 Å². The van der Waals surface area contributed by atoms with Gasteiger partial charge in [-0.05, 0) is 51.0 Å². The zero-order valence-corrected chi connectivity index (χ0v) is 19.1. The Hall–Kier alpha value is -3.01. The molecule has 8 nitrogen and oxygen atoms in total. The van der Waals surface area contributed by atoms with Crippen LogP contribution in [0.15, 0.2) is 18.5 Å². The van der Waals surface area contributed by atoms with Crippen LogP contribution < -0.4 is 15.5 Å². The van der Waals surface area contributed by atoms with Crippen molar-refractivity contribution in [2.24, 2.45) is 5.41 Å². The third-order valence-corrected chi connectivity index (χ3v) is 7.37. The maximum atomic E-state index is 13.8. The van der Waals surface area contributed by atoms with Gasteiger partial charge in [-0.2, -0.15) is 0 Å². The minimum atomic E-state index is -1.06. The van der Waals surface area contributed by atoms with Gasteiger partial charge < -0.3 is 20.5 Å². The summed E-state index contributed by atoms with van der Waals surface area (Å²) in [4.78, 5) is 46.6.